The molecule has 2 rings (SSSR count). The van der Waals surface area contributed by atoms with E-state index < -0.39 is 18.8 Å². The molecule has 0 radical (unpaired) electrons. The molecule has 2 amide bonds. The van der Waals surface area contributed by atoms with Gasteiger partial charge >= 0.3 is 12.2 Å². The molecule has 0 heterocycles. The third-order valence-electron chi connectivity index (χ3n) is 4.57. The Hall–Kier alpha value is -2.16. The molecule has 6 nitrogen and oxygen atoms in total. The fourth-order valence-electron chi connectivity index (χ4n) is 3.11. The smallest absolute Gasteiger partial charge is 0.422 e. The van der Waals surface area contributed by atoms with Gasteiger partial charge in [0.25, 0.3) is 0 Å². The van der Waals surface area contributed by atoms with Crippen LogP contribution in [0.5, 0.6) is 11.5 Å². The van der Waals surface area contributed by atoms with E-state index in [1.807, 2.05) is 0 Å². The number of hydrogen-bond acceptors (Lipinski definition) is 4. The van der Waals surface area contributed by atoms with Crippen molar-refractivity contribution in [3.8, 4) is 11.5 Å². The van der Waals surface area contributed by atoms with Gasteiger partial charge in [0.05, 0.1) is 19.8 Å². The van der Waals surface area contributed by atoms with Crippen LogP contribution in [0.4, 0.5) is 23.7 Å². The van der Waals surface area contributed by atoms with Crippen LogP contribution in [-0.4, -0.2) is 45.2 Å². The molecule has 158 valence electrons. The van der Waals surface area contributed by atoms with Crippen molar-refractivity contribution >= 4 is 11.7 Å². The van der Waals surface area contributed by atoms with Gasteiger partial charge in [-0.05, 0) is 30.9 Å². The summed E-state index contributed by atoms with van der Waals surface area (Å²) in [7, 11) is 1.32. The lowest BCUT2D eigenvalue weighted by Crippen LogP contribution is -2.34. The summed E-state index contributed by atoms with van der Waals surface area (Å²) in [5.41, 5.74) is 0.289. The Morgan fingerprint density at radius 2 is 1.96 bits per heavy atom. The van der Waals surface area contributed by atoms with E-state index in [4.69, 9.17) is 14.2 Å². The number of carbonyl (C=O) groups is 1. The number of rotatable bonds is 8. The van der Waals surface area contributed by atoms with Gasteiger partial charge in [-0.1, -0.05) is 19.8 Å². The molecule has 2 atom stereocenters. The Labute approximate surface area is 162 Å². The Morgan fingerprint density at radius 3 is 2.64 bits per heavy atom. The van der Waals surface area contributed by atoms with E-state index in [1.165, 1.54) is 38.2 Å². The third kappa shape index (κ3) is 7.46. The lowest BCUT2D eigenvalue weighted by atomic mass is 9.88. The first-order valence-electron chi connectivity index (χ1n) is 9.32. The third-order valence-corrected chi connectivity index (χ3v) is 4.57. The minimum absolute atomic E-state index is 0.104. The second kappa shape index (κ2) is 10.4. The first kappa shape index (κ1) is 22.1. The molecule has 9 heteroatoms. The lowest BCUT2D eigenvalue weighted by Gasteiger charge is -2.28. The minimum atomic E-state index is -4.47. The van der Waals surface area contributed by atoms with Gasteiger partial charge in [-0.25, -0.2) is 4.79 Å². The first-order valence-corrected chi connectivity index (χ1v) is 9.32. The molecule has 1 aromatic carbocycles. The van der Waals surface area contributed by atoms with Crippen LogP contribution in [0.15, 0.2) is 18.2 Å². The van der Waals surface area contributed by atoms with Gasteiger partial charge in [-0.15, -0.1) is 0 Å². The van der Waals surface area contributed by atoms with Crippen LogP contribution in [-0.2, 0) is 4.74 Å². The number of benzene rings is 1. The molecule has 1 fully saturated rings. The van der Waals surface area contributed by atoms with Crippen molar-refractivity contribution in [1.29, 1.82) is 0 Å². The highest BCUT2D eigenvalue weighted by Gasteiger charge is 2.29. The highest BCUT2D eigenvalue weighted by Crippen LogP contribution is 2.31. The highest BCUT2D eigenvalue weighted by atomic mass is 19.4. The fourth-order valence-corrected chi connectivity index (χ4v) is 3.11. The summed E-state index contributed by atoms with van der Waals surface area (Å²) in [5, 5.41) is 5.22. The Morgan fingerprint density at radius 1 is 1.21 bits per heavy atom. The maximum Gasteiger partial charge on any atom is 0.422 e. The number of halogens is 3. The summed E-state index contributed by atoms with van der Waals surface area (Å²) in [4.78, 5) is 12.0. The Kier molecular flexibility index (Phi) is 8.22. The van der Waals surface area contributed by atoms with Gasteiger partial charge in [0.1, 0.15) is 0 Å². The maximum atomic E-state index is 12.4. The summed E-state index contributed by atoms with van der Waals surface area (Å²) >= 11 is 0. The average Bonchev–Trinajstić information content (AvgIpc) is 2.64. The number of anilines is 1. The average molecular weight is 404 g/mol. The SMILES string of the molecule is COc1ccc(NC(=O)NCCOC2CCCCC2C)cc1OCC(F)(F)F. The summed E-state index contributed by atoms with van der Waals surface area (Å²) < 4.78 is 52.6. The second-order valence-electron chi connectivity index (χ2n) is 6.82. The quantitative estimate of drug-likeness (QED) is 0.632. The largest absolute Gasteiger partial charge is 0.493 e. The van der Waals surface area contributed by atoms with E-state index in [0.29, 0.717) is 19.1 Å². The Bertz CT molecular complexity index is 640. The monoisotopic (exact) mass is 404 g/mol. The number of hydrogen-bond donors (Lipinski definition) is 2. The summed E-state index contributed by atoms with van der Waals surface area (Å²) in [6.45, 7) is 1.47. The molecule has 0 aliphatic heterocycles. The zero-order valence-electron chi connectivity index (χ0n) is 16.1. The first-order chi connectivity index (χ1) is 13.3. The van der Waals surface area contributed by atoms with Crippen molar-refractivity contribution in [2.75, 3.05) is 32.2 Å². The number of urea groups is 1. The predicted molar refractivity (Wildman–Crippen MR) is 98.9 cm³/mol. The number of methoxy groups -OCH3 is 1. The molecule has 0 bridgehead atoms. The van der Waals surface area contributed by atoms with Crippen molar-refractivity contribution in [2.24, 2.45) is 5.92 Å². The molecular weight excluding hydrogens is 377 g/mol. The molecule has 1 aliphatic rings. The van der Waals surface area contributed by atoms with Gasteiger partial charge in [-0.2, -0.15) is 13.2 Å². The van der Waals surface area contributed by atoms with Gasteiger partial charge in [-0.3, -0.25) is 0 Å². The molecular formula is C19H27F3N2O4. The standard InChI is InChI=1S/C19H27F3N2O4/c1-13-5-3-4-6-15(13)27-10-9-23-18(25)24-14-7-8-16(26-2)17(11-14)28-12-19(20,21)22/h7-8,11,13,15H,3-6,9-10,12H2,1-2H3,(H2,23,24,25). The van der Waals surface area contributed by atoms with Crippen LogP contribution in [0.3, 0.4) is 0 Å². The molecule has 2 unspecified atom stereocenters. The van der Waals surface area contributed by atoms with Crippen molar-refractivity contribution in [3.05, 3.63) is 18.2 Å². The van der Waals surface area contributed by atoms with Crippen LogP contribution in [0.2, 0.25) is 0 Å². The van der Waals surface area contributed by atoms with Gasteiger partial charge in [0, 0.05) is 18.3 Å². The van der Waals surface area contributed by atoms with Gasteiger partial charge in [0.15, 0.2) is 18.1 Å². The van der Waals surface area contributed by atoms with Crippen LogP contribution in [0.25, 0.3) is 0 Å². The van der Waals surface area contributed by atoms with E-state index in [-0.39, 0.29) is 23.3 Å². The normalized spacial score (nSPS) is 19.8. The highest BCUT2D eigenvalue weighted by molar-refractivity contribution is 5.89. The topological polar surface area (TPSA) is 68.8 Å². The molecule has 0 aromatic heterocycles. The zero-order chi connectivity index (χ0) is 20.6. The van der Waals surface area contributed by atoms with Crippen LogP contribution in [0.1, 0.15) is 32.6 Å². The summed E-state index contributed by atoms with van der Waals surface area (Å²) in [6, 6.07) is 3.74. The minimum Gasteiger partial charge on any atom is -0.493 e. The fraction of sp³-hybridized carbons (Fsp3) is 0.632. The molecule has 1 saturated carbocycles. The zero-order valence-corrected chi connectivity index (χ0v) is 16.1. The van der Waals surface area contributed by atoms with Crippen molar-refractivity contribution in [3.63, 3.8) is 0 Å². The Balaban J connectivity index is 1.79. The summed E-state index contributed by atoms with van der Waals surface area (Å²) in [6.07, 6.45) is 0.363. The number of ether oxygens (including phenoxy) is 3. The number of amides is 2. The number of nitrogens with one attached hydrogen (secondary N) is 2. The van der Waals surface area contributed by atoms with Crippen molar-refractivity contribution in [1.82, 2.24) is 5.32 Å². The molecule has 1 aromatic rings. The molecule has 28 heavy (non-hydrogen) atoms. The van der Waals surface area contributed by atoms with E-state index in [1.54, 1.807) is 0 Å². The van der Waals surface area contributed by atoms with Crippen LogP contribution < -0.4 is 20.1 Å². The van der Waals surface area contributed by atoms with Crippen molar-refractivity contribution < 1.29 is 32.2 Å². The summed E-state index contributed by atoms with van der Waals surface area (Å²) in [5.74, 6) is 0.564. The van der Waals surface area contributed by atoms with Gasteiger partial charge in [0.2, 0.25) is 0 Å². The molecule has 2 N–H and O–H groups in total. The molecule has 0 spiro atoms. The number of carbonyl (C=O) groups excluding carboxylic acids is 1. The maximum absolute atomic E-state index is 12.4. The number of alkyl halides is 3. The lowest BCUT2D eigenvalue weighted by molar-refractivity contribution is -0.153. The van der Waals surface area contributed by atoms with E-state index in [2.05, 4.69) is 17.6 Å². The molecule has 1 aliphatic carbocycles. The van der Waals surface area contributed by atoms with E-state index >= 15 is 0 Å². The van der Waals surface area contributed by atoms with Crippen LogP contribution in [0, 0.1) is 5.92 Å². The van der Waals surface area contributed by atoms with E-state index in [9.17, 15) is 18.0 Å². The van der Waals surface area contributed by atoms with E-state index in [0.717, 1.165) is 12.8 Å². The van der Waals surface area contributed by atoms with Crippen molar-refractivity contribution in [2.45, 2.75) is 44.9 Å². The second-order valence-corrected chi connectivity index (χ2v) is 6.82. The molecule has 0 saturated heterocycles. The van der Waals surface area contributed by atoms with Crippen LogP contribution >= 0.6 is 0 Å². The van der Waals surface area contributed by atoms with Gasteiger partial charge < -0.3 is 24.8 Å². The predicted octanol–water partition coefficient (Wildman–Crippen LogP) is 4.35.